The third kappa shape index (κ3) is 4.85. The summed E-state index contributed by atoms with van der Waals surface area (Å²) < 4.78 is 11.8. The van der Waals surface area contributed by atoms with Gasteiger partial charge in [-0.15, -0.1) is 0 Å². The van der Waals surface area contributed by atoms with E-state index in [2.05, 4.69) is 58.9 Å². The first kappa shape index (κ1) is 16.0. The molecule has 3 atom stereocenters. The summed E-state index contributed by atoms with van der Waals surface area (Å²) in [6.45, 7) is 11.1. The fourth-order valence-electron chi connectivity index (χ4n) is 2.54. The minimum Gasteiger partial charge on any atom is -0.478 e. The molecule has 0 aromatic heterocycles. The maximum absolute atomic E-state index is 6.00. The molecule has 3 heteroatoms. The molecular formula is C18H27NO2. The summed E-state index contributed by atoms with van der Waals surface area (Å²) in [7, 11) is 0. The zero-order chi connectivity index (χ0) is 15.5. The molecule has 0 saturated heterocycles. The van der Waals surface area contributed by atoms with Gasteiger partial charge in [0.05, 0.1) is 23.7 Å². The highest BCUT2D eigenvalue weighted by atomic mass is 16.5. The number of nitrogens with zero attached hydrogens (tertiary/aromatic N) is 1. The summed E-state index contributed by atoms with van der Waals surface area (Å²) in [6, 6.07) is 10.7. The first-order valence-corrected chi connectivity index (χ1v) is 7.77. The first-order chi connectivity index (χ1) is 9.85. The highest BCUT2D eigenvalue weighted by molar-refractivity contribution is 5.80. The van der Waals surface area contributed by atoms with Crippen LogP contribution < -0.4 is 0 Å². The molecule has 0 amide bonds. The smallest absolute Gasteiger partial charge is 0.189 e. The molecule has 0 fully saturated rings. The molecule has 0 bridgehead atoms. The molecule has 0 aliphatic carbocycles. The number of hydrogen-bond acceptors (Lipinski definition) is 3. The van der Waals surface area contributed by atoms with Crippen molar-refractivity contribution in [1.82, 2.24) is 0 Å². The summed E-state index contributed by atoms with van der Waals surface area (Å²) >= 11 is 0. The highest BCUT2D eigenvalue weighted by Gasteiger charge is 2.29. The summed E-state index contributed by atoms with van der Waals surface area (Å²) in [4.78, 5) is 4.75. The van der Waals surface area contributed by atoms with E-state index in [1.54, 1.807) is 0 Å². The summed E-state index contributed by atoms with van der Waals surface area (Å²) in [5, 5.41) is 0. The Morgan fingerprint density at radius 2 is 1.90 bits per heavy atom. The molecular weight excluding hydrogens is 262 g/mol. The van der Waals surface area contributed by atoms with Crippen molar-refractivity contribution < 1.29 is 9.47 Å². The molecule has 1 aromatic rings. The van der Waals surface area contributed by atoms with Crippen molar-refractivity contribution in [2.75, 3.05) is 6.61 Å². The predicted molar refractivity (Wildman–Crippen MR) is 86.8 cm³/mol. The van der Waals surface area contributed by atoms with Crippen molar-refractivity contribution in [3.05, 3.63) is 35.9 Å². The van der Waals surface area contributed by atoms with Gasteiger partial charge in [-0.1, -0.05) is 37.3 Å². The normalized spacial score (nSPS) is 21.6. The van der Waals surface area contributed by atoms with Crippen LogP contribution in [0.15, 0.2) is 35.3 Å². The van der Waals surface area contributed by atoms with Gasteiger partial charge in [0.15, 0.2) is 5.90 Å². The summed E-state index contributed by atoms with van der Waals surface area (Å²) in [6.07, 6.45) is 1.03. The van der Waals surface area contributed by atoms with Gasteiger partial charge in [0.1, 0.15) is 6.61 Å². The number of benzene rings is 1. The molecule has 0 unspecified atom stereocenters. The second kappa shape index (κ2) is 6.61. The molecule has 1 aliphatic rings. The van der Waals surface area contributed by atoms with E-state index >= 15 is 0 Å². The van der Waals surface area contributed by atoms with E-state index in [0.29, 0.717) is 6.61 Å². The van der Waals surface area contributed by atoms with Crippen LogP contribution in [-0.4, -0.2) is 30.3 Å². The lowest BCUT2D eigenvalue weighted by molar-refractivity contribution is -0.0645. The van der Waals surface area contributed by atoms with Crippen molar-refractivity contribution in [1.29, 1.82) is 0 Å². The number of hydrogen-bond donors (Lipinski definition) is 0. The monoisotopic (exact) mass is 289 g/mol. The van der Waals surface area contributed by atoms with E-state index in [4.69, 9.17) is 14.5 Å². The van der Waals surface area contributed by atoms with E-state index < -0.39 is 0 Å². The van der Waals surface area contributed by atoms with Crippen molar-refractivity contribution in [3.63, 3.8) is 0 Å². The Morgan fingerprint density at radius 3 is 2.52 bits per heavy atom. The lowest BCUT2D eigenvalue weighted by Gasteiger charge is -2.28. The fraction of sp³-hybridized carbons (Fsp3) is 0.611. The van der Waals surface area contributed by atoms with Gasteiger partial charge in [-0.25, -0.2) is 4.99 Å². The second-order valence-corrected chi connectivity index (χ2v) is 6.85. The van der Waals surface area contributed by atoms with E-state index in [9.17, 15) is 0 Å². The average molecular weight is 289 g/mol. The Balaban J connectivity index is 1.94. The number of aliphatic imine (C=N–C) groups is 1. The fourth-order valence-corrected chi connectivity index (χ4v) is 2.54. The molecule has 1 aliphatic heterocycles. The second-order valence-electron chi connectivity index (χ2n) is 6.85. The minimum atomic E-state index is -0.143. The van der Waals surface area contributed by atoms with Gasteiger partial charge >= 0.3 is 0 Å². The SMILES string of the molecule is C[C@H](OC(C)(C)C)[C@H](C)C1=N[C@@H](Cc2ccccc2)CO1. The number of ether oxygens (including phenoxy) is 2. The quantitative estimate of drug-likeness (QED) is 0.824. The standard InChI is InChI=1S/C18H27NO2/c1-13(14(2)21-18(3,4)5)17-19-16(12-20-17)11-15-9-7-6-8-10-15/h6-10,13-14,16H,11-12H2,1-5H3/t13-,14-,16-/m0/s1. The van der Waals surface area contributed by atoms with Crippen LogP contribution in [0.25, 0.3) is 0 Å². The molecule has 0 radical (unpaired) electrons. The Bertz CT molecular complexity index is 476. The highest BCUT2D eigenvalue weighted by Crippen LogP contribution is 2.22. The van der Waals surface area contributed by atoms with Crippen LogP contribution in [0.2, 0.25) is 0 Å². The van der Waals surface area contributed by atoms with Gasteiger partial charge in [-0.05, 0) is 39.7 Å². The first-order valence-electron chi connectivity index (χ1n) is 7.77. The molecule has 0 spiro atoms. The Kier molecular flexibility index (Phi) is 5.04. The van der Waals surface area contributed by atoms with E-state index in [1.165, 1.54) is 5.56 Å². The molecule has 3 nitrogen and oxygen atoms in total. The van der Waals surface area contributed by atoms with Gasteiger partial charge in [0, 0.05) is 0 Å². The Labute approximate surface area is 128 Å². The van der Waals surface area contributed by atoms with Gasteiger partial charge in [-0.2, -0.15) is 0 Å². The van der Waals surface area contributed by atoms with Crippen molar-refractivity contribution in [2.45, 2.75) is 58.8 Å². The van der Waals surface area contributed by atoms with Crippen LogP contribution >= 0.6 is 0 Å². The van der Waals surface area contributed by atoms with Crippen LogP contribution in [0.1, 0.15) is 40.2 Å². The third-order valence-electron chi connectivity index (χ3n) is 3.68. The lowest BCUT2D eigenvalue weighted by Crippen LogP contribution is -2.33. The Hall–Kier alpha value is -1.35. The van der Waals surface area contributed by atoms with Crippen LogP contribution in [0.4, 0.5) is 0 Å². The van der Waals surface area contributed by atoms with Crippen molar-refractivity contribution >= 4 is 5.90 Å². The Morgan fingerprint density at radius 1 is 1.24 bits per heavy atom. The largest absolute Gasteiger partial charge is 0.478 e. The maximum Gasteiger partial charge on any atom is 0.189 e. The maximum atomic E-state index is 6.00. The number of rotatable bonds is 5. The van der Waals surface area contributed by atoms with Crippen LogP contribution in [-0.2, 0) is 15.9 Å². The van der Waals surface area contributed by atoms with E-state index in [1.807, 2.05) is 6.07 Å². The van der Waals surface area contributed by atoms with Crippen LogP contribution in [0.5, 0.6) is 0 Å². The minimum absolute atomic E-state index is 0.0965. The zero-order valence-electron chi connectivity index (χ0n) is 13.8. The topological polar surface area (TPSA) is 30.8 Å². The third-order valence-corrected chi connectivity index (χ3v) is 3.68. The van der Waals surface area contributed by atoms with Crippen LogP contribution in [0, 0.1) is 5.92 Å². The van der Waals surface area contributed by atoms with Gasteiger partial charge < -0.3 is 9.47 Å². The van der Waals surface area contributed by atoms with Gasteiger partial charge in [-0.3, -0.25) is 0 Å². The summed E-state index contributed by atoms with van der Waals surface area (Å²) in [5.41, 5.74) is 1.17. The molecule has 116 valence electrons. The molecule has 0 saturated carbocycles. The molecule has 1 heterocycles. The predicted octanol–water partition coefficient (Wildman–Crippen LogP) is 3.87. The zero-order valence-corrected chi connectivity index (χ0v) is 13.8. The molecule has 0 N–H and O–H groups in total. The lowest BCUT2D eigenvalue weighted by atomic mass is 10.0. The van der Waals surface area contributed by atoms with Gasteiger partial charge in [0.25, 0.3) is 0 Å². The molecule has 21 heavy (non-hydrogen) atoms. The van der Waals surface area contributed by atoms with E-state index in [-0.39, 0.29) is 23.7 Å². The van der Waals surface area contributed by atoms with Crippen LogP contribution in [0.3, 0.4) is 0 Å². The van der Waals surface area contributed by atoms with E-state index in [0.717, 1.165) is 12.3 Å². The van der Waals surface area contributed by atoms with Crippen molar-refractivity contribution in [3.8, 4) is 0 Å². The summed E-state index contributed by atoms with van der Waals surface area (Å²) in [5.74, 6) is 1.03. The molecule has 2 rings (SSSR count). The average Bonchev–Trinajstić information content (AvgIpc) is 2.85. The van der Waals surface area contributed by atoms with Crippen molar-refractivity contribution in [2.24, 2.45) is 10.9 Å². The molecule has 1 aromatic carbocycles. The van der Waals surface area contributed by atoms with Gasteiger partial charge in [0.2, 0.25) is 0 Å².